The minimum Gasteiger partial charge on any atom is -0.363 e. The number of hydrogen-bond acceptors (Lipinski definition) is 5. The molecule has 1 unspecified atom stereocenters. The molecule has 3 aromatic rings. The molecule has 1 saturated heterocycles. The SMILES string of the molecule is CCN1CCN(c2cc(NC(C)c3ccccc3)nc(-c3ccccc3)n2)CC1. The van der Waals surface area contributed by atoms with Gasteiger partial charge in [-0.25, -0.2) is 9.97 Å². The molecule has 1 aliphatic heterocycles. The summed E-state index contributed by atoms with van der Waals surface area (Å²) >= 11 is 0. The Morgan fingerprint density at radius 3 is 2.21 bits per heavy atom. The number of benzene rings is 2. The van der Waals surface area contributed by atoms with Crippen molar-refractivity contribution in [3.63, 3.8) is 0 Å². The monoisotopic (exact) mass is 387 g/mol. The summed E-state index contributed by atoms with van der Waals surface area (Å²) in [6.07, 6.45) is 0. The summed E-state index contributed by atoms with van der Waals surface area (Å²) in [6.45, 7) is 9.63. The van der Waals surface area contributed by atoms with Crippen LogP contribution in [0.15, 0.2) is 66.7 Å². The molecule has 0 aliphatic carbocycles. The zero-order valence-corrected chi connectivity index (χ0v) is 17.3. The van der Waals surface area contributed by atoms with Crippen LogP contribution in [0.1, 0.15) is 25.5 Å². The number of piperazine rings is 1. The van der Waals surface area contributed by atoms with Crippen LogP contribution in [0.3, 0.4) is 0 Å². The number of anilines is 2. The van der Waals surface area contributed by atoms with Crippen molar-refractivity contribution in [1.82, 2.24) is 14.9 Å². The van der Waals surface area contributed by atoms with Crippen molar-refractivity contribution in [2.24, 2.45) is 0 Å². The number of nitrogens with zero attached hydrogens (tertiary/aromatic N) is 4. The molecule has 1 aliphatic rings. The van der Waals surface area contributed by atoms with Crippen molar-refractivity contribution >= 4 is 11.6 Å². The Bertz CT molecular complexity index is 905. The van der Waals surface area contributed by atoms with Gasteiger partial charge in [0.05, 0.1) is 0 Å². The molecule has 150 valence electrons. The van der Waals surface area contributed by atoms with Crippen LogP contribution in [0, 0.1) is 0 Å². The first-order chi connectivity index (χ1) is 14.2. The molecule has 29 heavy (non-hydrogen) atoms. The van der Waals surface area contributed by atoms with E-state index in [4.69, 9.17) is 9.97 Å². The second kappa shape index (κ2) is 9.05. The molecule has 2 aromatic carbocycles. The van der Waals surface area contributed by atoms with Gasteiger partial charge in [-0.3, -0.25) is 0 Å². The molecular formula is C24H29N5. The van der Waals surface area contributed by atoms with Gasteiger partial charge in [0.2, 0.25) is 0 Å². The summed E-state index contributed by atoms with van der Waals surface area (Å²) in [6, 6.07) is 22.9. The number of hydrogen-bond donors (Lipinski definition) is 1. The lowest BCUT2D eigenvalue weighted by Gasteiger charge is -2.35. The highest BCUT2D eigenvalue weighted by Gasteiger charge is 2.19. The fraction of sp³-hybridized carbons (Fsp3) is 0.333. The van der Waals surface area contributed by atoms with Gasteiger partial charge in [-0.2, -0.15) is 0 Å². The van der Waals surface area contributed by atoms with Crippen molar-refractivity contribution in [3.8, 4) is 11.4 Å². The lowest BCUT2D eigenvalue weighted by molar-refractivity contribution is 0.270. The first-order valence-electron chi connectivity index (χ1n) is 10.5. The second-order valence-corrected chi connectivity index (χ2v) is 7.50. The van der Waals surface area contributed by atoms with E-state index in [1.807, 2.05) is 24.3 Å². The molecule has 0 spiro atoms. The Morgan fingerprint density at radius 1 is 0.897 bits per heavy atom. The Labute approximate surface area is 173 Å². The van der Waals surface area contributed by atoms with Gasteiger partial charge in [0.15, 0.2) is 5.82 Å². The summed E-state index contributed by atoms with van der Waals surface area (Å²) in [5, 5.41) is 3.58. The fourth-order valence-electron chi connectivity index (χ4n) is 3.73. The van der Waals surface area contributed by atoms with Gasteiger partial charge in [-0.05, 0) is 19.0 Å². The molecule has 0 radical (unpaired) electrons. The number of nitrogens with one attached hydrogen (secondary N) is 1. The lowest BCUT2D eigenvalue weighted by atomic mass is 10.1. The highest BCUT2D eigenvalue weighted by molar-refractivity contribution is 5.62. The minimum atomic E-state index is 0.166. The Hall–Kier alpha value is -2.92. The van der Waals surface area contributed by atoms with Gasteiger partial charge in [0, 0.05) is 43.9 Å². The topological polar surface area (TPSA) is 44.3 Å². The Kier molecular flexibility index (Phi) is 6.06. The third kappa shape index (κ3) is 4.74. The number of likely N-dealkylation sites (N-methyl/N-ethyl adjacent to an activating group) is 1. The van der Waals surface area contributed by atoms with E-state index in [0.717, 1.165) is 55.7 Å². The molecule has 1 aromatic heterocycles. The Balaban J connectivity index is 1.63. The number of aromatic nitrogens is 2. The van der Waals surface area contributed by atoms with Crippen LogP contribution in [-0.4, -0.2) is 47.6 Å². The highest BCUT2D eigenvalue weighted by Crippen LogP contribution is 2.26. The smallest absolute Gasteiger partial charge is 0.163 e. The third-order valence-corrected chi connectivity index (χ3v) is 5.55. The molecule has 0 saturated carbocycles. The van der Waals surface area contributed by atoms with Gasteiger partial charge >= 0.3 is 0 Å². The lowest BCUT2D eigenvalue weighted by Crippen LogP contribution is -2.46. The van der Waals surface area contributed by atoms with Gasteiger partial charge in [-0.1, -0.05) is 67.6 Å². The summed E-state index contributed by atoms with van der Waals surface area (Å²) < 4.78 is 0. The minimum absolute atomic E-state index is 0.166. The van der Waals surface area contributed by atoms with E-state index in [9.17, 15) is 0 Å². The summed E-state index contributed by atoms with van der Waals surface area (Å²) in [7, 11) is 0. The maximum absolute atomic E-state index is 4.91. The molecule has 4 rings (SSSR count). The zero-order valence-electron chi connectivity index (χ0n) is 17.3. The predicted molar refractivity (Wildman–Crippen MR) is 120 cm³/mol. The van der Waals surface area contributed by atoms with Gasteiger partial charge in [-0.15, -0.1) is 0 Å². The second-order valence-electron chi connectivity index (χ2n) is 7.50. The summed E-state index contributed by atoms with van der Waals surface area (Å²) in [5.74, 6) is 2.63. The van der Waals surface area contributed by atoms with Crippen LogP contribution >= 0.6 is 0 Å². The van der Waals surface area contributed by atoms with Crippen LogP contribution < -0.4 is 10.2 Å². The third-order valence-electron chi connectivity index (χ3n) is 5.55. The van der Waals surface area contributed by atoms with E-state index >= 15 is 0 Å². The largest absolute Gasteiger partial charge is 0.363 e. The fourth-order valence-corrected chi connectivity index (χ4v) is 3.73. The van der Waals surface area contributed by atoms with Gasteiger partial charge in [0.25, 0.3) is 0 Å². The maximum Gasteiger partial charge on any atom is 0.163 e. The summed E-state index contributed by atoms with van der Waals surface area (Å²) in [4.78, 5) is 14.6. The quantitative estimate of drug-likeness (QED) is 0.677. The van der Waals surface area contributed by atoms with Crippen LogP contribution in [0.2, 0.25) is 0 Å². The average molecular weight is 388 g/mol. The van der Waals surface area contributed by atoms with Crippen LogP contribution in [0.5, 0.6) is 0 Å². The molecule has 1 N–H and O–H groups in total. The van der Waals surface area contributed by atoms with E-state index in [1.54, 1.807) is 0 Å². The van der Waals surface area contributed by atoms with Crippen molar-refractivity contribution in [2.45, 2.75) is 19.9 Å². The van der Waals surface area contributed by atoms with Crippen molar-refractivity contribution in [3.05, 3.63) is 72.3 Å². The highest BCUT2D eigenvalue weighted by atomic mass is 15.3. The van der Waals surface area contributed by atoms with Crippen molar-refractivity contribution < 1.29 is 0 Å². The normalized spacial score (nSPS) is 15.9. The molecule has 0 amide bonds. The first-order valence-corrected chi connectivity index (χ1v) is 10.5. The maximum atomic E-state index is 4.91. The van der Waals surface area contributed by atoms with Crippen LogP contribution in [-0.2, 0) is 0 Å². The van der Waals surface area contributed by atoms with E-state index in [2.05, 4.69) is 71.4 Å². The van der Waals surface area contributed by atoms with Crippen LogP contribution in [0.4, 0.5) is 11.6 Å². The summed E-state index contributed by atoms with van der Waals surface area (Å²) in [5.41, 5.74) is 2.28. The zero-order chi connectivity index (χ0) is 20.1. The predicted octanol–water partition coefficient (Wildman–Crippen LogP) is 4.46. The van der Waals surface area contributed by atoms with Crippen molar-refractivity contribution in [1.29, 1.82) is 0 Å². The first kappa shape index (κ1) is 19.4. The molecule has 1 atom stereocenters. The molecule has 5 nitrogen and oxygen atoms in total. The van der Waals surface area contributed by atoms with E-state index < -0.39 is 0 Å². The Morgan fingerprint density at radius 2 is 1.55 bits per heavy atom. The standard InChI is InChI=1S/C24H29N5/c1-3-28-14-16-29(17-15-28)23-18-22(25-19(2)20-10-6-4-7-11-20)26-24(27-23)21-12-8-5-9-13-21/h4-13,18-19H,3,14-17H2,1-2H3,(H,25,26,27). The van der Waals surface area contributed by atoms with E-state index in [-0.39, 0.29) is 6.04 Å². The molecule has 1 fully saturated rings. The molecular weight excluding hydrogens is 358 g/mol. The molecule has 0 bridgehead atoms. The number of rotatable bonds is 6. The van der Waals surface area contributed by atoms with E-state index in [1.165, 1.54) is 5.56 Å². The van der Waals surface area contributed by atoms with Gasteiger partial charge in [0.1, 0.15) is 11.6 Å². The van der Waals surface area contributed by atoms with Gasteiger partial charge < -0.3 is 15.1 Å². The van der Waals surface area contributed by atoms with Crippen LogP contribution in [0.25, 0.3) is 11.4 Å². The molecule has 2 heterocycles. The van der Waals surface area contributed by atoms with Crippen molar-refractivity contribution in [2.75, 3.05) is 42.9 Å². The van der Waals surface area contributed by atoms with E-state index in [0.29, 0.717) is 0 Å². The average Bonchev–Trinajstić information content (AvgIpc) is 2.80. The molecule has 5 heteroatoms.